The molecule has 0 N–H and O–H groups in total. The van der Waals surface area contributed by atoms with Crippen molar-refractivity contribution in [3.8, 4) is 5.75 Å². The van der Waals surface area contributed by atoms with E-state index in [-0.39, 0.29) is 11.9 Å². The molecular formula is C26H29N3O4. The largest absolute Gasteiger partial charge is 0.491 e. The molecule has 0 amide bonds. The first-order chi connectivity index (χ1) is 15.9. The number of carbonyl (C=O) groups excluding carboxylic acids is 1. The monoisotopic (exact) mass is 447 g/mol. The standard InChI is InChI=1S/C26H29N3O4/c1-20-4-8-22(9-5-20)26(18-29-15-13-27-19-29)32-17-24(33-26)16-31-23-10-6-21(7-11-23)25(30)12-14-28(2)3/h4-15,19,24H,16-18H2,1-3H3/b14-12+. The summed E-state index contributed by atoms with van der Waals surface area (Å²) in [6, 6.07) is 15.3. The number of carbonyl (C=O) groups is 1. The summed E-state index contributed by atoms with van der Waals surface area (Å²) in [4.78, 5) is 18.1. The number of aryl methyl sites for hydroxylation is 1. The molecule has 1 aliphatic rings. The number of allylic oxidation sites excluding steroid dienone is 1. The molecule has 172 valence electrons. The third-order valence-electron chi connectivity index (χ3n) is 5.40. The van der Waals surface area contributed by atoms with E-state index in [2.05, 4.69) is 24.0 Å². The van der Waals surface area contributed by atoms with E-state index >= 15 is 0 Å². The second-order valence-electron chi connectivity index (χ2n) is 8.38. The van der Waals surface area contributed by atoms with Gasteiger partial charge in [-0.3, -0.25) is 4.79 Å². The maximum atomic E-state index is 12.2. The molecule has 0 bridgehead atoms. The summed E-state index contributed by atoms with van der Waals surface area (Å²) in [6.07, 6.45) is 8.42. The van der Waals surface area contributed by atoms with E-state index in [1.165, 1.54) is 5.56 Å². The predicted molar refractivity (Wildman–Crippen MR) is 125 cm³/mol. The molecule has 0 spiro atoms. The quantitative estimate of drug-likeness (QED) is 0.367. The van der Waals surface area contributed by atoms with Gasteiger partial charge in [0.1, 0.15) is 18.5 Å². The molecule has 1 fully saturated rings. The van der Waals surface area contributed by atoms with Crippen LogP contribution in [-0.2, 0) is 21.8 Å². The molecule has 4 rings (SSSR count). The highest BCUT2D eigenvalue weighted by Crippen LogP contribution is 2.36. The lowest BCUT2D eigenvalue weighted by Crippen LogP contribution is -2.34. The van der Waals surface area contributed by atoms with Crippen molar-refractivity contribution in [3.05, 3.63) is 96.2 Å². The van der Waals surface area contributed by atoms with Crippen LogP contribution in [0.2, 0.25) is 0 Å². The van der Waals surface area contributed by atoms with Gasteiger partial charge in [-0.15, -0.1) is 0 Å². The zero-order chi connectivity index (χ0) is 23.3. The summed E-state index contributed by atoms with van der Waals surface area (Å²) in [6.45, 7) is 3.29. The molecule has 1 saturated heterocycles. The molecule has 7 heteroatoms. The van der Waals surface area contributed by atoms with E-state index in [0.29, 0.717) is 31.1 Å². The van der Waals surface area contributed by atoms with Crippen LogP contribution in [0.1, 0.15) is 21.5 Å². The number of benzene rings is 2. The van der Waals surface area contributed by atoms with Crippen molar-refractivity contribution in [2.45, 2.75) is 25.4 Å². The van der Waals surface area contributed by atoms with Crippen LogP contribution >= 0.6 is 0 Å². The Balaban J connectivity index is 1.40. The summed E-state index contributed by atoms with van der Waals surface area (Å²) in [7, 11) is 3.75. The van der Waals surface area contributed by atoms with Gasteiger partial charge in [0, 0.05) is 49.9 Å². The van der Waals surface area contributed by atoms with E-state index in [9.17, 15) is 4.79 Å². The first kappa shape index (κ1) is 22.8. The van der Waals surface area contributed by atoms with Gasteiger partial charge in [-0.2, -0.15) is 0 Å². The zero-order valence-corrected chi connectivity index (χ0v) is 19.2. The van der Waals surface area contributed by atoms with Crippen molar-refractivity contribution in [3.63, 3.8) is 0 Å². The molecule has 1 aromatic heterocycles. The highest BCUT2D eigenvalue weighted by molar-refractivity contribution is 6.04. The topological polar surface area (TPSA) is 65.8 Å². The molecule has 3 aromatic rings. The number of rotatable bonds is 9. The van der Waals surface area contributed by atoms with Crippen LogP contribution in [0, 0.1) is 6.92 Å². The molecule has 0 aliphatic carbocycles. The Bertz CT molecular complexity index is 1080. The van der Waals surface area contributed by atoms with Crippen molar-refractivity contribution in [1.29, 1.82) is 0 Å². The van der Waals surface area contributed by atoms with Gasteiger partial charge in [-0.25, -0.2) is 4.98 Å². The highest BCUT2D eigenvalue weighted by atomic mass is 16.8. The van der Waals surface area contributed by atoms with Gasteiger partial charge in [0.25, 0.3) is 0 Å². The number of nitrogens with zero attached hydrogens (tertiary/aromatic N) is 3. The Morgan fingerprint density at radius 3 is 2.64 bits per heavy atom. The SMILES string of the molecule is Cc1ccc(C2(Cn3ccnc3)OCC(COc3ccc(C(=O)/C=C/N(C)C)cc3)O2)cc1. The number of hydrogen-bond donors (Lipinski definition) is 0. The van der Waals surface area contributed by atoms with Gasteiger partial charge in [0.05, 0.1) is 19.5 Å². The van der Waals surface area contributed by atoms with Crippen LogP contribution in [0.3, 0.4) is 0 Å². The average molecular weight is 448 g/mol. The van der Waals surface area contributed by atoms with Crippen LogP contribution < -0.4 is 4.74 Å². The van der Waals surface area contributed by atoms with Crippen molar-refractivity contribution in [2.24, 2.45) is 0 Å². The zero-order valence-electron chi connectivity index (χ0n) is 19.2. The number of ketones is 1. The molecule has 2 atom stereocenters. The predicted octanol–water partition coefficient (Wildman–Crippen LogP) is 3.80. The summed E-state index contributed by atoms with van der Waals surface area (Å²) in [5.74, 6) is -0.281. The van der Waals surface area contributed by atoms with Crippen LogP contribution in [0.5, 0.6) is 5.75 Å². The van der Waals surface area contributed by atoms with Gasteiger partial charge < -0.3 is 23.7 Å². The first-order valence-electron chi connectivity index (χ1n) is 10.9. The number of ether oxygens (including phenoxy) is 3. The molecule has 2 unspecified atom stereocenters. The third-order valence-corrected chi connectivity index (χ3v) is 5.40. The first-order valence-corrected chi connectivity index (χ1v) is 10.9. The minimum atomic E-state index is -0.905. The minimum absolute atomic E-state index is 0.0508. The second kappa shape index (κ2) is 10.0. The molecular weight excluding hydrogens is 418 g/mol. The van der Waals surface area contributed by atoms with E-state index in [0.717, 1.165) is 5.56 Å². The van der Waals surface area contributed by atoms with Crippen molar-refractivity contribution in [1.82, 2.24) is 14.5 Å². The fourth-order valence-corrected chi connectivity index (χ4v) is 3.62. The van der Waals surface area contributed by atoms with E-state index in [4.69, 9.17) is 14.2 Å². The highest BCUT2D eigenvalue weighted by Gasteiger charge is 2.44. The fourth-order valence-electron chi connectivity index (χ4n) is 3.62. The van der Waals surface area contributed by atoms with Gasteiger partial charge in [-0.05, 0) is 31.2 Å². The lowest BCUT2D eigenvalue weighted by Gasteiger charge is -2.29. The van der Waals surface area contributed by atoms with Crippen molar-refractivity contribution >= 4 is 5.78 Å². The Kier molecular flexibility index (Phi) is 6.91. The molecule has 1 aliphatic heterocycles. The van der Waals surface area contributed by atoms with E-state index < -0.39 is 5.79 Å². The summed E-state index contributed by atoms with van der Waals surface area (Å²) in [5, 5.41) is 0. The Hall–Kier alpha value is -3.42. The Morgan fingerprint density at radius 1 is 1.21 bits per heavy atom. The van der Waals surface area contributed by atoms with Crippen LogP contribution in [0.4, 0.5) is 0 Å². The van der Waals surface area contributed by atoms with Gasteiger partial charge in [0.15, 0.2) is 5.78 Å². The molecule has 2 aromatic carbocycles. The summed E-state index contributed by atoms with van der Waals surface area (Å²) < 4.78 is 20.5. The minimum Gasteiger partial charge on any atom is -0.491 e. The molecule has 33 heavy (non-hydrogen) atoms. The lowest BCUT2D eigenvalue weighted by atomic mass is 10.0. The summed E-state index contributed by atoms with van der Waals surface area (Å²) >= 11 is 0. The normalized spacial score (nSPS) is 20.3. The fraction of sp³-hybridized carbons (Fsp3) is 0.308. The van der Waals surface area contributed by atoms with Gasteiger partial charge >= 0.3 is 0 Å². The van der Waals surface area contributed by atoms with Gasteiger partial charge in [-0.1, -0.05) is 29.8 Å². The average Bonchev–Trinajstić information content (AvgIpc) is 3.48. The van der Waals surface area contributed by atoms with Crippen molar-refractivity contribution < 1.29 is 19.0 Å². The maximum Gasteiger partial charge on any atom is 0.214 e. The number of aromatic nitrogens is 2. The van der Waals surface area contributed by atoms with Crippen LogP contribution in [0.15, 0.2) is 79.5 Å². The smallest absolute Gasteiger partial charge is 0.214 e. The summed E-state index contributed by atoms with van der Waals surface area (Å²) in [5.41, 5.74) is 2.74. The molecule has 2 heterocycles. The van der Waals surface area contributed by atoms with Crippen LogP contribution in [-0.4, -0.2) is 53.6 Å². The van der Waals surface area contributed by atoms with Gasteiger partial charge in [0.2, 0.25) is 5.79 Å². The Labute approximate surface area is 194 Å². The van der Waals surface area contributed by atoms with Crippen LogP contribution in [0.25, 0.3) is 0 Å². The maximum absolute atomic E-state index is 12.2. The lowest BCUT2D eigenvalue weighted by molar-refractivity contribution is -0.189. The van der Waals surface area contributed by atoms with E-state index in [1.807, 2.05) is 41.9 Å². The van der Waals surface area contributed by atoms with Crippen molar-refractivity contribution in [2.75, 3.05) is 27.3 Å². The number of hydrogen-bond acceptors (Lipinski definition) is 6. The van der Waals surface area contributed by atoms with E-state index in [1.54, 1.807) is 49.1 Å². The Morgan fingerprint density at radius 2 is 1.97 bits per heavy atom. The third kappa shape index (κ3) is 5.69. The second-order valence-corrected chi connectivity index (χ2v) is 8.38. The molecule has 0 radical (unpaired) electrons. The molecule has 7 nitrogen and oxygen atoms in total. The molecule has 0 saturated carbocycles. The number of imidazole rings is 1.